The molecule has 0 aromatic rings. The van der Waals surface area contributed by atoms with Gasteiger partial charge in [-0.05, 0) is 0 Å². The van der Waals surface area contributed by atoms with Gasteiger partial charge in [-0.25, -0.2) is 0 Å². The second kappa shape index (κ2) is 2.25. The Bertz CT molecular complexity index is 221. The number of hydrogen-bond donors (Lipinski definition) is 0. The first-order valence-electron chi connectivity index (χ1n) is 2.65. The van der Waals surface area contributed by atoms with Crippen LogP contribution in [-0.4, -0.2) is 23.8 Å². The second-order valence-corrected chi connectivity index (χ2v) is 22.9. The van der Waals surface area contributed by atoms with Crippen molar-refractivity contribution >= 4 is 23.8 Å². The van der Waals surface area contributed by atoms with Crippen molar-refractivity contribution in [2.75, 3.05) is 0 Å². The molecular formula is C6H8O5Re. The van der Waals surface area contributed by atoms with Crippen LogP contribution in [0, 0.1) is 0 Å². The summed E-state index contributed by atoms with van der Waals surface area (Å²) < 4.78 is -0.370. The first kappa shape index (κ1) is 11.0. The third-order valence-corrected chi connectivity index (χ3v) is 12.1. The van der Waals surface area contributed by atoms with Crippen molar-refractivity contribution in [3.63, 3.8) is 0 Å². The third-order valence-electron chi connectivity index (χ3n) is 1.47. The molecule has 0 fully saturated rings. The molecule has 0 aromatic heterocycles. The Morgan fingerprint density at radius 3 is 0.833 bits per heavy atom. The van der Waals surface area contributed by atoms with Crippen molar-refractivity contribution in [2.24, 2.45) is 0 Å². The van der Waals surface area contributed by atoms with Crippen LogP contribution < -0.4 is 0 Å². The Balaban J connectivity index is 6.15. The van der Waals surface area contributed by atoms with Crippen LogP contribution in [0.2, 0.25) is 5.40 Å². The molecule has 0 radical (unpaired) electrons. The zero-order chi connectivity index (χ0) is 9.94. The molecule has 12 heavy (non-hydrogen) atoms. The molecule has 69 valence electrons. The molecule has 0 aliphatic carbocycles. The molecule has 6 heteroatoms. The average Bonchev–Trinajstić information content (AvgIpc) is 2.19. The fourth-order valence-corrected chi connectivity index (χ4v) is 1.72. The van der Waals surface area contributed by atoms with E-state index in [1.165, 1.54) is 0 Å². The van der Waals surface area contributed by atoms with Crippen LogP contribution in [0.4, 0.5) is 0 Å². The molecule has 0 N–H and O–H groups in total. The fraction of sp³-hybridized carbons (Fsp3) is 0.167. The number of carbonyl (C=O) groups excluding carboxylic acids is 5. The summed E-state index contributed by atoms with van der Waals surface area (Å²) in [6, 6.07) is 0. The Morgan fingerprint density at radius 1 is 0.667 bits per heavy atom. The molecular weight excluding hydrogens is 338 g/mol. The van der Waals surface area contributed by atoms with Crippen molar-refractivity contribution < 1.29 is 37.1 Å². The molecule has 0 bridgehead atoms. The van der Waals surface area contributed by atoms with Crippen LogP contribution in [0.3, 0.4) is 0 Å². The molecule has 0 amide bonds. The van der Waals surface area contributed by atoms with Gasteiger partial charge in [-0.15, -0.1) is 0 Å². The summed E-state index contributed by atoms with van der Waals surface area (Å²) in [5.41, 5.74) is 0. The van der Waals surface area contributed by atoms with Crippen molar-refractivity contribution in [2.45, 2.75) is 5.40 Å². The van der Waals surface area contributed by atoms with E-state index in [0.717, 1.165) is 5.40 Å². The summed E-state index contributed by atoms with van der Waals surface area (Å²) in [5, 5.41) is 0.863. The predicted molar refractivity (Wildman–Crippen MR) is 39.6 cm³/mol. The van der Waals surface area contributed by atoms with Crippen LogP contribution in [-0.2, 0) is 37.1 Å². The number of hydrogen-bond acceptors (Lipinski definition) is 5. The van der Waals surface area contributed by atoms with E-state index in [-0.39, 0.29) is 23.8 Å². The van der Waals surface area contributed by atoms with Gasteiger partial charge in [-0.2, -0.15) is 0 Å². The maximum atomic E-state index is 10.6. The summed E-state index contributed by atoms with van der Waals surface area (Å²) in [6.07, 6.45) is 0. The molecule has 0 saturated heterocycles. The Hall–Kier alpha value is -0.988. The molecule has 0 heterocycles. The van der Waals surface area contributed by atoms with Crippen molar-refractivity contribution in [3.8, 4) is 0 Å². The molecule has 0 rings (SSSR count). The van der Waals surface area contributed by atoms with Gasteiger partial charge in [-0.1, -0.05) is 0 Å². The topological polar surface area (TPSA) is 85.3 Å². The Morgan fingerprint density at radius 2 is 0.833 bits per heavy atom. The van der Waals surface area contributed by atoms with E-state index >= 15 is 0 Å². The molecule has 0 aromatic carbocycles. The Labute approximate surface area is 66.7 Å². The van der Waals surface area contributed by atoms with Gasteiger partial charge in [0.1, 0.15) is 0 Å². The van der Waals surface area contributed by atoms with Crippen LogP contribution in [0.15, 0.2) is 0 Å². The molecule has 0 aliphatic rings. The fourth-order valence-electron chi connectivity index (χ4n) is 0.210. The van der Waals surface area contributed by atoms with Gasteiger partial charge < -0.3 is 0 Å². The molecule has 0 atom stereocenters. The average molecular weight is 346 g/mol. The molecule has 5 nitrogen and oxygen atoms in total. The van der Waals surface area contributed by atoms with Crippen LogP contribution in [0.25, 0.3) is 0 Å². The summed E-state index contributed by atoms with van der Waals surface area (Å²) >= 11 is -5.98. The molecule has 0 spiro atoms. The number of rotatable bonds is 5. The van der Waals surface area contributed by atoms with Crippen LogP contribution >= 0.6 is 0 Å². The quantitative estimate of drug-likeness (QED) is 0.609. The summed E-state index contributed by atoms with van der Waals surface area (Å²) in [5.74, 6) is 0. The first-order chi connectivity index (χ1) is 5.39. The standard InChI is InChI=1S/5CHO.CH3.Re/c5*1-2;;/h5*1H;1H3;. The monoisotopic (exact) mass is 347 g/mol. The van der Waals surface area contributed by atoms with Crippen molar-refractivity contribution in [1.29, 1.82) is 0 Å². The Kier molecular flexibility index (Phi) is 2.06. The SMILES string of the molecule is [CH3][Re]([CH]=O)([CH]=O)([CH]=O)([CH]=O)[CH]=O. The van der Waals surface area contributed by atoms with Gasteiger partial charge in [0.2, 0.25) is 0 Å². The first-order valence-corrected chi connectivity index (χ1v) is 13.2. The summed E-state index contributed by atoms with van der Waals surface area (Å²) in [4.78, 5) is 52.8. The van der Waals surface area contributed by atoms with E-state index in [0.29, 0.717) is 0 Å². The van der Waals surface area contributed by atoms with Crippen LogP contribution in [0.5, 0.6) is 0 Å². The van der Waals surface area contributed by atoms with E-state index in [1.54, 1.807) is 0 Å². The minimum atomic E-state index is -5.98. The van der Waals surface area contributed by atoms with Crippen LogP contribution in [0.1, 0.15) is 0 Å². The summed E-state index contributed by atoms with van der Waals surface area (Å²) in [6.45, 7) is 0. The van der Waals surface area contributed by atoms with Crippen molar-refractivity contribution in [3.05, 3.63) is 0 Å². The van der Waals surface area contributed by atoms with Gasteiger partial charge in [0.15, 0.2) is 0 Å². The van der Waals surface area contributed by atoms with Gasteiger partial charge in [0, 0.05) is 0 Å². The zero-order valence-corrected chi connectivity index (χ0v) is 9.02. The molecule has 0 unspecified atom stereocenters. The minimum absolute atomic E-state index is 0.0741. The second-order valence-electron chi connectivity index (χ2n) is 2.80. The zero-order valence-electron chi connectivity index (χ0n) is 6.31. The van der Waals surface area contributed by atoms with Crippen molar-refractivity contribution in [1.82, 2.24) is 0 Å². The van der Waals surface area contributed by atoms with Gasteiger partial charge >= 0.3 is 66.3 Å². The van der Waals surface area contributed by atoms with E-state index in [4.69, 9.17) is 0 Å². The van der Waals surface area contributed by atoms with Gasteiger partial charge in [0.05, 0.1) is 0 Å². The third kappa shape index (κ3) is 1.00. The van der Waals surface area contributed by atoms with E-state index in [1.807, 2.05) is 0 Å². The van der Waals surface area contributed by atoms with E-state index in [9.17, 15) is 24.0 Å². The normalized spacial score (nSPS) is 16.4. The van der Waals surface area contributed by atoms with Gasteiger partial charge in [-0.3, -0.25) is 0 Å². The number of carbonyl (C=O) groups is 5. The predicted octanol–water partition coefficient (Wildman–Crippen LogP) is -0.789. The van der Waals surface area contributed by atoms with E-state index < -0.39 is 13.1 Å². The molecule has 0 saturated carbocycles. The van der Waals surface area contributed by atoms with E-state index in [2.05, 4.69) is 0 Å². The maximum absolute atomic E-state index is 10.6. The van der Waals surface area contributed by atoms with Gasteiger partial charge in [0.25, 0.3) is 0 Å². The molecule has 0 aliphatic heterocycles. The summed E-state index contributed by atoms with van der Waals surface area (Å²) in [7, 11) is 0.